The molecule has 0 radical (unpaired) electrons. The van der Waals surface area contributed by atoms with Crippen LogP contribution in [0, 0.1) is 18.8 Å². The Morgan fingerprint density at radius 2 is 1.73 bits per heavy atom. The second-order valence-electron chi connectivity index (χ2n) is 5.68. The van der Waals surface area contributed by atoms with E-state index in [1.54, 1.807) is 19.1 Å². The molecule has 0 aliphatic rings. The molecule has 0 aliphatic heterocycles. The number of benzene rings is 2. The third kappa shape index (κ3) is 4.46. The maximum absolute atomic E-state index is 12.3. The number of aromatic nitrogens is 2. The van der Waals surface area contributed by atoms with Crippen LogP contribution in [-0.4, -0.2) is 15.7 Å². The van der Waals surface area contributed by atoms with E-state index in [0.717, 1.165) is 10.2 Å². The molecule has 0 unspecified atom stereocenters. The van der Waals surface area contributed by atoms with Gasteiger partial charge in [-0.3, -0.25) is 9.59 Å². The normalized spacial score (nSPS) is 9.88. The molecule has 1 amide bonds. The van der Waals surface area contributed by atoms with E-state index in [2.05, 4.69) is 22.3 Å². The Balaban J connectivity index is 1.78. The Kier molecular flexibility index (Phi) is 5.25. The molecule has 0 spiro atoms. The van der Waals surface area contributed by atoms with Gasteiger partial charge in [0.05, 0.1) is 11.4 Å². The summed E-state index contributed by atoms with van der Waals surface area (Å²) in [5.41, 5.74) is 2.55. The fraction of sp³-hybridized carbons (Fsp3) is 0.0952. The monoisotopic (exact) mass is 343 g/mol. The number of hydrogen-bond acceptors (Lipinski definition) is 3. The zero-order valence-electron chi connectivity index (χ0n) is 14.3. The standard InChI is InChI=1S/C21H17N3O2/c1-16-11-14-21(26)24(23-16)15-20(25)22-19-10-6-5-9-18(19)13-12-17-7-3-2-4-8-17/h2-11,14H,15H2,1H3,(H,22,25). The van der Waals surface area contributed by atoms with Crippen molar-refractivity contribution in [3.05, 3.63) is 93.9 Å². The van der Waals surface area contributed by atoms with Crippen LogP contribution in [0.15, 0.2) is 71.5 Å². The Morgan fingerprint density at radius 1 is 1.00 bits per heavy atom. The van der Waals surface area contributed by atoms with Crippen LogP contribution >= 0.6 is 0 Å². The SMILES string of the molecule is Cc1ccc(=O)n(CC(=O)Nc2ccccc2C#Cc2ccccc2)n1. The molecule has 5 heteroatoms. The minimum atomic E-state index is -0.334. The minimum absolute atomic E-state index is 0.152. The molecule has 0 aliphatic carbocycles. The number of hydrogen-bond donors (Lipinski definition) is 1. The quantitative estimate of drug-likeness (QED) is 0.744. The Morgan fingerprint density at radius 3 is 2.54 bits per heavy atom. The van der Waals surface area contributed by atoms with Crippen molar-refractivity contribution in [3.63, 3.8) is 0 Å². The van der Waals surface area contributed by atoms with Gasteiger partial charge in [0.2, 0.25) is 5.91 Å². The zero-order valence-corrected chi connectivity index (χ0v) is 14.3. The van der Waals surface area contributed by atoms with Gasteiger partial charge in [-0.1, -0.05) is 42.2 Å². The van der Waals surface area contributed by atoms with E-state index in [4.69, 9.17) is 0 Å². The molecule has 3 aromatic rings. The largest absolute Gasteiger partial charge is 0.323 e. The van der Waals surface area contributed by atoms with Crippen molar-refractivity contribution in [2.75, 3.05) is 5.32 Å². The second-order valence-corrected chi connectivity index (χ2v) is 5.68. The molecule has 2 aromatic carbocycles. The Hall–Kier alpha value is -3.65. The summed E-state index contributed by atoms with van der Waals surface area (Å²) in [6.07, 6.45) is 0. The average molecular weight is 343 g/mol. The van der Waals surface area contributed by atoms with Crippen molar-refractivity contribution in [1.82, 2.24) is 9.78 Å². The van der Waals surface area contributed by atoms with Gasteiger partial charge in [-0.05, 0) is 37.3 Å². The Bertz CT molecular complexity index is 1040. The lowest BCUT2D eigenvalue weighted by Gasteiger charge is -2.08. The molecule has 3 rings (SSSR count). The molecule has 0 saturated carbocycles. The van der Waals surface area contributed by atoms with E-state index >= 15 is 0 Å². The molecule has 0 atom stereocenters. The molecule has 1 heterocycles. The highest BCUT2D eigenvalue weighted by Gasteiger charge is 2.08. The molecule has 0 saturated heterocycles. The molecular formula is C21H17N3O2. The van der Waals surface area contributed by atoms with Crippen molar-refractivity contribution < 1.29 is 4.79 Å². The van der Waals surface area contributed by atoms with Gasteiger partial charge >= 0.3 is 0 Å². The summed E-state index contributed by atoms with van der Waals surface area (Å²) in [7, 11) is 0. The first-order chi connectivity index (χ1) is 12.6. The van der Waals surface area contributed by atoms with E-state index in [0.29, 0.717) is 16.9 Å². The molecule has 1 N–H and O–H groups in total. The number of para-hydroxylation sites is 1. The smallest absolute Gasteiger partial charge is 0.267 e. The molecule has 1 aromatic heterocycles. The molecule has 26 heavy (non-hydrogen) atoms. The number of aryl methyl sites for hydroxylation is 1. The van der Waals surface area contributed by atoms with Gasteiger partial charge in [0, 0.05) is 17.2 Å². The van der Waals surface area contributed by atoms with Crippen molar-refractivity contribution >= 4 is 11.6 Å². The number of nitrogens with zero attached hydrogens (tertiary/aromatic N) is 2. The van der Waals surface area contributed by atoms with Crippen LogP contribution in [0.4, 0.5) is 5.69 Å². The summed E-state index contributed by atoms with van der Waals surface area (Å²) >= 11 is 0. The number of carbonyl (C=O) groups excluding carboxylic acids is 1. The van der Waals surface area contributed by atoms with Crippen molar-refractivity contribution in [3.8, 4) is 11.8 Å². The van der Waals surface area contributed by atoms with Crippen LogP contribution in [0.2, 0.25) is 0 Å². The highest BCUT2D eigenvalue weighted by Crippen LogP contribution is 2.14. The summed E-state index contributed by atoms with van der Waals surface area (Å²) < 4.78 is 1.14. The number of carbonyl (C=O) groups is 1. The van der Waals surface area contributed by atoms with Gasteiger partial charge in [0.15, 0.2) is 0 Å². The van der Waals surface area contributed by atoms with Crippen molar-refractivity contribution in [1.29, 1.82) is 0 Å². The maximum atomic E-state index is 12.3. The second kappa shape index (κ2) is 7.95. The van der Waals surface area contributed by atoms with Crippen LogP contribution in [0.25, 0.3) is 0 Å². The summed E-state index contributed by atoms with van der Waals surface area (Å²) in [6.45, 7) is 1.61. The van der Waals surface area contributed by atoms with Gasteiger partial charge < -0.3 is 5.32 Å². The van der Waals surface area contributed by atoms with E-state index in [1.165, 1.54) is 6.07 Å². The molecule has 5 nitrogen and oxygen atoms in total. The first kappa shape index (κ1) is 17.2. The first-order valence-corrected chi connectivity index (χ1v) is 8.12. The lowest BCUT2D eigenvalue weighted by molar-refractivity contribution is -0.117. The van der Waals surface area contributed by atoms with Gasteiger partial charge in [-0.25, -0.2) is 4.68 Å². The zero-order chi connectivity index (χ0) is 18.4. The van der Waals surface area contributed by atoms with Crippen molar-refractivity contribution in [2.24, 2.45) is 0 Å². The van der Waals surface area contributed by atoms with Crippen LogP contribution in [0.1, 0.15) is 16.8 Å². The third-order valence-corrected chi connectivity index (χ3v) is 3.61. The minimum Gasteiger partial charge on any atom is -0.323 e. The molecule has 128 valence electrons. The highest BCUT2D eigenvalue weighted by atomic mass is 16.2. The van der Waals surface area contributed by atoms with Crippen LogP contribution < -0.4 is 10.9 Å². The van der Waals surface area contributed by atoms with Crippen LogP contribution in [-0.2, 0) is 11.3 Å². The van der Waals surface area contributed by atoms with Gasteiger partial charge in [-0.15, -0.1) is 0 Å². The van der Waals surface area contributed by atoms with Crippen molar-refractivity contribution in [2.45, 2.75) is 13.5 Å². The fourth-order valence-corrected chi connectivity index (χ4v) is 2.35. The van der Waals surface area contributed by atoms with Gasteiger partial charge in [0.25, 0.3) is 5.56 Å². The number of anilines is 1. The lowest BCUT2D eigenvalue weighted by Crippen LogP contribution is -2.29. The predicted octanol–water partition coefficient (Wildman–Crippen LogP) is 2.59. The number of rotatable bonds is 3. The van der Waals surface area contributed by atoms with Gasteiger partial charge in [0.1, 0.15) is 6.54 Å². The lowest BCUT2D eigenvalue weighted by atomic mass is 10.1. The summed E-state index contributed by atoms with van der Waals surface area (Å²) in [5.74, 6) is 5.81. The summed E-state index contributed by atoms with van der Waals surface area (Å²) in [5, 5.41) is 6.87. The molecular weight excluding hydrogens is 326 g/mol. The predicted molar refractivity (Wildman–Crippen MR) is 101 cm³/mol. The topological polar surface area (TPSA) is 64.0 Å². The van der Waals surface area contributed by atoms with Crippen LogP contribution in [0.3, 0.4) is 0 Å². The van der Waals surface area contributed by atoms with E-state index in [-0.39, 0.29) is 18.0 Å². The van der Waals surface area contributed by atoms with E-state index in [9.17, 15) is 9.59 Å². The Labute approximate surface area is 151 Å². The maximum Gasteiger partial charge on any atom is 0.267 e. The van der Waals surface area contributed by atoms with Crippen LogP contribution in [0.5, 0.6) is 0 Å². The third-order valence-electron chi connectivity index (χ3n) is 3.61. The number of nitrogens with one attached hydrogen (secondary N) is 1. The van der Waals surface area contributed by atoms with E-state index in [1.807, 2.05) is 48.5 Å². The first-order valence-electron chi connectivity index (χ1n) is 8.12. The summed E-state index contributed by atoms with van der Waals surface area (Å²) in [6, 6.07) is 19.9. The summed E-state index contributed by atoms with van der Waals surface area (Å²) in [4.78, 5) is 24.1. The average Bonchev–Trinajstić information content (AvgIpc) is 2.65. The highest BCUT2D eigenvalue weighted by molar-refractivity contribution is 5.92. The van der Waals surface area contributed by atoms with E-state index < -0.39 is 0 Å². The fourth-order valence-electron chi connectivity index (χ4n) is 2.35. The number of amides is 1. The molecule has 0 bridgehead atoms. The van der Waals surface area contributed by atoms with Gasteiger partial charge in [-0.2, -0.15) is 5.10 Å². The molecule has 0 fully saturated rings.